The predicted molar refractivity (Wildman–Crippen MR) is 82.7 cm³/mol. The monoisotopic (exact) mass is 315 g/mol. The van der Waals surface area contributed by atoms with Gasteiger partial charge >= 0.3 is 0 Å². The van der Waals surface area contributed by atoms with E-state index in [1.165, 1.54) is 13.2 Å². The van der Waals surface area contributed by atoms with E-state index >= 15 is 0 Å². The van der Waals surface area contributed by atoms with Gasteiger partial charge in [-0.1, -0.05) is 11.6 Å². The fourth-order valence-electron chi connectivity index (χ4n) is 2.76. The molecule has 1 unspecified atom stereocenters. The fourth-order valence-corrected chi connectivity index (χ4v) is 2.98. The molecule has 0 bridgehead atoms. The number of ether oxygens (including phenoxy) is 1. The molecule has 1 N–H and O–H groups in total. The zero-order valence-electron chi connectivity index (χ0n) is 13.2. The number of likely N-dealkylation sites (tertiary alicyclic amines) is 1. The molecule has 1 atom stereocenters. The van der Waals surface area contributed by atoms with Crippen LogP contribution in [0.15, 0.2) is 6.07 Å². The number of methoxy groups -OCH3 is 1. The number of aliphatic hydroxyl groups is 1. The molecule has 1 aromatic rings. The van der Waals surface area contributed by atoms with E-state index in [2.05, 4.69) is 25.7 Å². The summed E-state index contributed by atoms with van der Waals surface area (Å²) in [5.41, 5.74) is 1.08. The quantitative estimate of drug-likeness (QED) is 0.922. The van der Waals surface area contributed by atoms with Gasteiger partial charge in [-0.3, -0.25) is 4.90 Å². The van der Waals surface area contributed by atoms with Crippen molar-refractivity contribution in [2.45, 2.75) is 45.3 Å². The molecule has 5 heteroatoms. The van der Waals surface area contributed by atoms with Gasteiger partial charge in [0.1, 0.15) is 11.6 Å². The number of hydrogen-bond donors (Lipinski definition) is 1. The van der Waals surface area contributed by atoms with E-state index < -0.39 is 11.9 Å². The molecule has 0 spiro atoms. The Bertz CT molecular complexity index is 534. The molecule has 1 saturated heterocycles. The van der Waals surface area contributed by atoms with Crippen molar-refractivity contribution in [2.24, 2.45) is 0 Å². The summed E-state index contributed by atoms with van der Waals surface area (Å²) in [4.78, 5) is 2.28. The number of aliphatic hydroxyl groups excluding tert-OH is 1. The molecule has 2 rings (SSSR count). The SMILES string of the molecule is COc1c(C(C)O)cc(Cl)c(F)c1C1CN(C(C)(C)C)C1. The molecule has 118 valence electrons. The standard InChI is InChI=1S/C16H23ClFNO2/c1-9(20)11-6-12(17)14(18)13(15(11)21-5)10-7-19(8-10)16(2,3)4/h6,9-10,20H,7-8H2,1-5H3. The van der Waals surface area contributed by atoms with Gasteiger partial charge < -0.3 is 9.84 Å². The highest BCUT2D eigenvalue weighted by atomic mass is 35.5. The minimum Gasteiger partial charge on any atom is -0.496 e. The predicted octanol–water partition coefficient (Wildman–Crippen LogP) is 3.74. The Morgan fingerprint density at radius 3 is 2.43 bits per heavy atom. The normalized spacial score (nSPS) is 18.5. The first kappa shape index (κ1) is 16.5. The van der Waals surface area contributed by atoms with Crippen molar-refractivity contribution in [1.29, 1.82) is 0 Å². The summed E-state index contributed by atoms with van der Waals surface area (Å²) in [5.74, 6) is 0.0253. The van der Waals surface area contributed by atoms with Crippen LogP contribution in [0.4, 0.5) is 4.39 Å². The Balaban J connectivity index is 2.40. The lowest BCUT2D eigenvalue weighted by Crippen LogP contribution is -2.54. The van der Waals surface area contributed by atoms with Crippen LogP contribution in [-0.2, 0) is 0 Å². The van der Waals surface area contributed by atoms with Crippen molar-refractivity contribution < 1.29 is 14.2 Å². The highest BCUT2D eigenvalue weighted by Crippen LogP contribution is 2.43. The second kappa shape index (κ2) is 5.75. The van der Waals surface area contributed by atoms with Gasteiger partial charge in [-0.05, 0) is 33.8 Å². The largest absolute Gasteiger partial charge is 0.496 e. The Labute approximate surface area is 130 Å². The van der Waals surface area contributed by atoms with Gasteiger partial charge in [0, 0.05) is 35.7 Å². The Kier molecular flexibility index (Phi) is 4.52. The maximum absolute atomic E-state index is 14.5. The smallest absolute Gasteiger partial charge is 0.149 e. The van der Waals surface area contributed by atoms with E-state index in [9.17, 15) is 9.50 Å². The first-order valence-corrected chi connectivity index (χ1v) is 7.53. The summed E-state index contributed by atoms with van der Waals surface area (Å²) in [6.07, 6.45) is -0.754. The first-order valence-electron chi connectivity index (χ1n) is 7.15. The molecule has 3 nitrogen and oxygen atoms in total. The van der Waals surface area contributed by atoms with Gasteiger partial charge in [-0.2, -0.15) is 0 Å². The summed E-state index contributed by atoms with van der Waals surface area (Å²) >= 11 is 5.99. The summed E-state index contributed by atoms with van der Waals surface area (Å²) in [5, 5.41) is 9.90. The van der Waals surface area contributed by atoms with Gasteiger partial charge in [0.2, 0.25) is 0 Å². The van der Waals surface area contributed by atoms with Crippen LogP contribution in [0.2, 0.25) is 5.02 Å². The Morgan fingerprint density at radius 1 is 1.43 bits per heavy atom. The lowest BCUT2D eigenvalue weighted by Gasteiger charge is -2.48. The number of rotatable bonds is 3. The molecule has 0 radical (unpaired) electrons. The highest BCUT2D eigenvalue weighted by molar-refractivity contribution is 6.31. The summed E-state index contributed by atoms with van der Waals surface area (Å²) < 4.78 is 19.8. The van der Waals surface area contributed by atoms with E-state index in [1.807, 2.05) is 0 Å². The van der Waals surface area contributed by atoms with E-state index in [0.29, 0.717) is 16.9 Å². The molecule has 0 amide bonds. The third-order valence-electron chi connectivity index (χ3n) is 4.13. The number of nitrogens with zero attached hydrogens (tertiary/aromatic N) is 1. The summed E-state index contributed by atoms with van der Waals surface area (Å²) in [6.45, 7) is 9.55. The fraction of sp³-hybridized carbons (Fsp3) is 0.625. The molecule has 1 aromatic carbocycles. The Morgan fingerprint density at radius 2 is 2.00 bits per heavy atom. The highest BCUT2D eigenvalue weighted by Gasteiger charge is 2.39. The molecule has 1 aliphatic rings. The van der Waals surface area contributed by atoms with Gasteiger partial charge in [-0.25, -0.2) is 4.39 Å². The average Bonchev–Trinajstić information content (AvgIpc) is 2.30. The van der Waals surface area contributed by atoms with Crippen molar-refractivity contribution >= 4 is 11.6 Å². The molecular formula is C16H23ClFNO2. The van der Waals surface area contributed by atoms with Crippen molar-refractivity contribution in [2.75, 3.05) is 20.2 Å². The molecule has 21 heavy (non-hydrogen) atoms. The molecule has 1 aliphatic heterocycles. The van der Waals surface area contributed by atoms with Crippen molar-refractivity contribution in [3.63, 3.8) is 0 Å². The lowest BCUT2D eigenvalue weighted by atomic mass is 9.85. The van der Waals surface area contributed by atoms with Crippen LogP contribution in [-0.4, -0.2) is 35.7 Å². The number of hydrogen-bond acceptors (Lipinski definition) is 3. The van der Waals surface area contributed by atoms with E-state index in [-0.39, 0.29) is 16.5 Å². The second-order valence-corrected chi connectivity index (χ2v) is 7.06. The Hall–Kier alpha value is -0.840. The van der Waals surface area contributed by atoms with Crippen molar-refractivity contribution in [1.82, 2.24) is 4.90 Å². The molecule has 1 fully saturated rings. The first-order chi connectivity index (χ1) is 9.66. The lowest BCUT2D eigenvalue weighted by molar-refractivity contribution is 0.0447. The van der Waals surface area contributed by atoms with Crippen LogP contribution >= 0.6 is 11.6 Å². The topological polar surface area (TPSA) is 32.7 Å². The minimum atomic E-state index is -0.754. The van der Waals surface area contributed by atoms with Crippen LogP contribution in [0, 0.1) is 5.82 Å². The van der Waals surface area contributed by atoms with E-state index in [0.717, 1.165) is 13.1 Å². The van der Waals surface area contributed by atoms with Crippen molar-refractivity contribution in [3.8, 4) is 5.75 Å². The van der Waals surface area contributed by atoms with Gasteiger partial charge in [0.15, 0.2) is 0 Å². The van der Waals surface area contributed by atoms with Crippen molar-refractivity contribution in [3.05, 3.63) is 28.0 Å². The molecule has 0 saturated carbocycles. The van der Waals surface area contributed by atoms with Gasteiger partial charge in [-0.15, -0.1) is 0 Å². The maximum Gasteiger partial charge on any atom is 0.149 e. The molecule has 0 aromatic heterocycles. The molecular weight excluding hydrogens is 293 g/mol. The molecule has 0 aliphatic carbocycles. The van der Waals surface area contributed by atoms with E-state index in [1.54, 1.807) is 6.92 Å². The van der Waals surface area contributed by atoms with Gasteiger partial charge in [0.05, 0.1) is 18.2 Å². The minimum absolute atomic E-state index is 0.0374. The average molecular weight is 316 g/mol. The van der Waals surface area contributed by atoms with Gasteiger partial charge in [0.25, 0.3) is 0 Å². The third-order valence-corrected chi connectivity index (χ3v) is 4.40. The van der Waals surface area contributed by atoms with Crippen LogP contribution in [0.25, 0.3) is 0 Å². The zero-order chi connectivity index (χ0) is 15.9. The third kappa shape index (κ3) is 3.03. The second-order valence-electron chi connectivity index (χ2n) is 6.66. The van der Waals surface area contributed by atoms with Crippen LogP contribution < -0.4 is 4.74 Å². The summed E-state index contributed by atoms with van der Waals surface area (Å²) in [6, 6.07) is 1.45. The van der Waals surface area contributed by atoms with Crippen LogP contribution in [0.1, 0.15) is 50.8 Å². The zero-order valence-corrected chi connectivity index (χ0v) is 14.0. The number of benzene rings is 1. The number of halogens is 2. The maximum atomic E-state index is 14.5. The van der Waals surface area contributed by atoms with Crippen LogP contribution in [0.5, 0.6) is 5.75 Å². The molecule has 1 heterocycles. The van der Waals surface area contributed by atoms with Crippen LogP contribution in [0.3, 0.4) is 0 Å². The summed E-state index contributed by atoms with van der Waals surface area (Å²) in [7, 11) is 1.50. The van der Waals surface area contributed by atoms with E-state index in [4.69, 9.17) is 16.3 Å².